The summed E-state index contributed by atoms with van der Waals surface area (Å²) >= 11 is 0. The quantitative estimate of drug-likeness (QED) is 0.612. The molecule has 0 radical (unpaired) electrons. The molecule has 1 fully saturated rings. The Hall–Kier alpha value is -2.66. The monoisotopic (exact) mass is 290 g/mol. The average molecular weight is 290 g/mol. The highest BCUT2D eigenvalue weighted by atomic mass is 16.6. The number of nitro benzene ring substituents is 1. The van der Waals surface area contributed by atoms with E-state index < -0.39 is 16.9 Å². The van der Waals surface area contributed by atoms with Crippen molar-refractivity contribution in [1.82, 2.24) is 0 Å². The maximum absolute atomic E-state index is 11.0. The molecule has 8 heteroatoms. The Labute approximate surface area is 120 Å². The van der Waals surface area contributed by atoms with Gasteiger partial charge in [-0.3, -0.25) is 14.9 Å². The SMILES string of the molecule is N#Cc1ccc([N+](=O)[O-])c(NC[C@@H]2CC[C@H](C(N)=O)O2)c1. The van der Waals surface area contributed by atoms with E-state index in [1.54, 1.807) is 0 Å². The van der Waals surface area contributed by atoms with Gasteiger partial charge in [0.2, 0.25) is 5.91 Å². The number of primary amides is 1. The molecule has 2 rings (SSSR count). The Morgan fingerprint density at radius 1 is 1.57 bits per heavy atom. The van der Waals surface area contributed by atoms with Gasteiger partial charge in [-0.15, -0.1) is 0 Å². The van der Waals surface area contributed by atoms with Crippen LogP contribution < -0.4 is 11.1 Å². The predicted octanol–water partition coefficient (Wildman–Crippen LogP) is 0.911. The van der Waals surface area contributed by atoms with Gasteiger partial charge in [0.15, 0.2) is 0 Å². The molecule has 0 spiro atoms. The van der Waals surface area contributed by atoms with Crippen LogP contribution in [-0.2, 0) is 9.53 Å². The fraction of sp³-hybridized carbons (Fsp3) is 0.385. The van der Waals surface area contributed by atoms with Crippen molar-refractivity contribution in [3.8, 4) is 6.07 Å². The van der Waals surface area contributed by atoms with Crippen LogP contribution in [0.2, 0.25) is 0 Å². The van der Waals surface area contributed by atoms with Crippen molar-refractivity contribution >= 4 is 17.3 Å². The summed E-state index contributed by atoms with van der Waals surface area (Å²) in [7, 11) is 0. The molecule has 1 amide bonds. The van der Waals surface area contributed by atoms with Crippen molar-refractivity contribution in [2.45, 2.75) is 25.0 Å². The second-order valence-electron chi connectivity index (χ2n) is 4.71. The van der Waals surface area contributed by atoms with E-state index >= 15 is 0 Å². The summed E-state index contributed by atoms with van der Waals surface area (Å²) in [5.74, 6) is -0.505. The first-order chi connectivity index (χ1) is 10.0. The number of carbonyl (C=O) groups excluding carboxylic acids is 1. The highest BCUT2D eigenvalue weighted by Gasteiger charge is 2.29. The molecule has 0 aliphatic carbocycles. The number of hydrogen-bond donors (Lipinski definition) is 2. The molecular formula is C13H14N4O4. The van der Waals surface area contributed by atoms with Crippen LogP contribution in [0, 0.1) is 21.4 Å². The van der Waals surface area contributed by atoms with Crippen molar-refractivity contribution in [2.24, 2.45) is 5.73 Å². The predicted molar refractivity (Wildman–Crippen MR) is 73.4 cm³/mol. The van der Waals surface area contributed by atoms with Crippen molar-refractivity contribution in [2.75, 3.05) is 11.9 Å². The third-order valence-corrected chi connectivity index (χ3v) is 3.27. The Bertz CT molecular complexity index is 611. The number of amides is 1. The lowest BCUT2D eigenvalue weighted by Crippen LogP contribution is -2.30. The number of nitrogens with two attached hydrogens (primary N) is 1. The highest BCUT2D eigenvalue weighted by molar-refractivity contribution is 5.79. The van der Waals surface area contributed by atoms with Crippen LogP contribution >= 0.6 is 0 Å². The summed E-state index contributed by atoms with van der Waals surface area (Å²) in [5.41, 5.74) is 5.63. The van der Waals surface area contributed by atoms with Crippen LogP contribution in [0.1, 0.15) is 18.4 Å². The largest absolute Gasteiger partial charge is 0.377 e. The molecule has 3 N–H and O–H groups in total. The molecule has 1 saturated heterocycles. The Balaban J connectivity index is 2.04. The lowest BCUT2D eigenvalue weighted by atomic mass is 10.1. The Morgan fingerprint density at radius 2 is 2.33 bits per heavy atom. The number of nitro groups is 1. The zero-order chi connectivity index (χ0) is 15.4. The summed E-state index contributed by atoms with van der Waals surface area (Å²) in [6.45, 7) is 0.305. The highest BCUT2D eigenvalue weighted by Crippen LogP contribution is 2.26. The normalized spacial score (nSPS) is 20.7. The molecule has 21 heavy (non-hydrogen) atoms. The first-order valence-electron chi connectivity index (χ1n) is 6.38. The van der Waals surface area contributed by atoms with Crippen LogP contribution in [0.3, 0.4) is 0 Å². The Kier molecular flexibility index (Phi) is 4.35. The van der Waals surface area contributed by atoms with Crippen LogP contribution in [0.5, 0.6) is 0 Å². The third kappa shape index (κ3) is 3.46. The molecule has 1 aromatic carbocycles. The lowest BCUT2D eigenvalue weighted by Gasteiger charge is -2.13. The summed E-state index contributed by atoms with van der Waals surface area (Å²) in [6, 6.07) is 6.01. The number of hydrogen-bond acceptors (Lipinski definition) is 6. The average Bonchev–Trinajstić information content (AvgIpc) is 2.93. The topological polar surface area (TPSA) is 131 Å². The van der Waals surface area contributed by atoms with Gasteiger partial charge in [0.1, 0.15) is 11.8 Å². The maximum atomic E-state index is 11.0. The summed E-state index contributed by atoms with van der Waals surface area (Å²) in [4.78, 5) is 21.4. The molecule has 8 nitrogen and oxygen atoms in total. The van der Waals surface area contributed by atoms with Crippen molar-refractivity contribution in [3.63, 3.8) is 0 Å². The van der Waals surface area contributed by atoms with Gasteiger partial charge in [0.05, 0.1) is 22.7 Å². The molecule has 2 atom stereocenters. The van der Waals surface area contributed by atoms with Crippen LogP contribution in [0.25, 0.3) is 0 Å². The fourth-order valence-corrected chi connectivity index (χ4v) is 2.20. The van der Waals surface area contributed by atoms with Gasteiger partial charge in [-0.2, -0.15) is 5.26 Å². The molecule has 0 aromatic heterocycles. The van der Waals surface area contributed by atoms with Crippen molar-refractivity contribution in [3.05, 3.63) is 33.9 Å². The zero-order valence-electron chi connectivity index (χ0n) is 11.1. The first kappa shape index (κ1) is 14.7. The zero-order valence-corrected chi connectivity index (χ0v) is 11.1. The molecular weight excluding hydrogens is 276 g/mol. The van der Waals surface area contributed by atoms with Crippen LogP contribution in [0.4, 0.5) is 11.4 Å². The van der Waals surface area contributed by atoms with E-state index in [-0.39, 0.29) is 17.5 Å². The fourth-order valence-electron chi connectivity index (χ4n) is 2.20. The van der Waals surface area contributed by atoms with Gasteiger partial charge in [0, 0.05) is 12.6 Å². The molecule has 0 bridgehead atoms. The minimum atomic E-state index is -0.600. The lowest BCUT2D eigenvalue weighted by molar-refractivity contribution is -0.384. The number of benzene rings is 1. The molecule has 1 aromatic rings. The molecule has 1 heterocycles. The van der Waals surface area contributed by atoms with Crippen molar-refractivity contribution in [1.29, 1.82) is 5.26 Å². The van der Waals surface area contributed by atoms with Crippen molar-refractivity contribution < 1.29 is 14.5 Å². The molecule has 110 valence electrons. The van der Waals surface area contributed by atoms with Gasteiger partial charge in [-0.25, -0.2) is 0 Å². The van der Waals surface area contributed by atoms with Gasteiger partial charge < -0.3 is 15.8 Å². The van der Waals surface area contributed by atoms with Gasteiger partial charge in [-0.05, 0) is 25.0 Å². The van der Waals surface area contributed by atoms with Crippen LogP contribution in [-0.4, -0.2) is 29.6 Å². The summed E-state index contributed by atoms with van der Waals surface area (Å²) in [6.07, 6.45) is 0.346. The van der Waals surface area contributed by atoms with Gasteiger partial charge in [-0.1, -0.05) is 0 Å². The Morgan fingerprint density at radius 3 is 2.90 bits per heavy atom. The van der Waals surface area contributed by atoms with E-state index in [4.69, 9.17) is 15.7 Å². The summed E-state index contributed by atoms with van der Waals surface area (Å²) < 4.78 is 5.43. The van der Waals surface area contributed by atoms with E-state index in [2.05, 4.69) is 5.32 Å². The standard InChI is InChI=1S/C13H14N4O4/c14-6-8-1-3-11(17(19)20)10(5-8)16-7-9-2-4-12(21-9)13(15)18/h1,3,5,9,12,16H,2,4,7H2,(H2,15,18)/t9-,12+/m0/s1. The third-order valence-electron chi connectivity index (χ3n) is 3.27. The molecule has 1 aliphatic rings. The molecule has 0 saturated carbocycles. The summed E-state index contributed by atoms with van der Waals surface area (Å²) in [5, 5.41) is 22.7. The van der Waals surface area contributed by atoms with E-state index in [9.17, 15) is 14.9 Å². The van der Waals surface area contributed by atoms with E-state index in [0.717, 1.165) is 0 Å². The number of nitrogens with zero attached hydrogens (tertiary/aromatic N) is 2. The van der Waals surface area contributed by atoms with E-state index in [1.807, 2.05) is 6.07 Å². The van der Waals surface area contributed by atoms with E-state index in [1.165, 1.54) is 18.2 Å². The smallest absolute Gasteiger partial charge is 0.292 e. The second-order valence-corrected chi connectivity index (χ2v) is 4.71. The number of anilines is 1. The van der Waals surface area contributed by atoms with E-state index in [0.29, 0.717) is 24.9 Å². The number of carbonyl (C=O) groups is 1. The minimum Gasteiger partial charge on any atom is -0.377 e. The van der Waals surface area contributed by atoms with Gasteiger partial charge in [0.25, 0.3) is 5.69 Å². The number of rotatable bonds is 5. The van der Waals surface area contributed by atoms with Crippen LogP contribution in [0.15, 0.2) is 18.2 Å². The maximum Gasteiger partial charge on any atom is 0.292 e. The number of ether oxygens (including phenoxy) is 1. The minimum absolute atomic E-state index is 0.113. The number of nitriles is 1. The molecule has 1 aliphatic heterocycles. The second kappa shape index (κ2) is 6.19. The number of nitrogens with one attached hydrogen (secondary N) is 1. The first-order valence-corrected chi connectivity index (χ1v) is 6.38. The van der Waals surface area contributed by atoms with Gasteiger partial charge >= 0.3 is 0 Å². The molecule has 0 unspecified atom stereocenters.